The highest BCUT2D eigenvalue weighted by atomic mass is 28.3. The molecule has 2 bridgehead atoms. The molecular formula is C77H52N4Si. The Balaban J connectivity index is 0.899. The lowest BCUT2D eigenvalue weighted by molar-refractivity contribution is 0.760. The minimum Gasteiger partial charge on any atom is -0.309 e. The molecule has 5 heteroatoms. The molecule has 17 rings (SSSR count). The summed E-state index contributed by atoms with van der Waals surface area (Å²) in [4.78, 5) is 16.1. The zero-order valence-corrected chi connectivity index (χ0v) is 45.8. The summed E-state index contributed by atoms with van der Waals surface area (Å²) in [6, 6.07) is 112. The van der Waals surface area contributed by atoms with Crippen molar-refractivity contribution in [1.29, 1.82) is 0 Å². The van der Waals surface area contributed by atoms with E-state index < -0.39 is 8.07 Å². The van der Waals surface area contributed by atoms with E-state index in [9.17, 15) is 0 Å². The van der Waals surface area contributed by atoms with Crippen LogP contribution in [-0.2, 0) is 0 Å². The van der Waals surface area contributed by atoms with Crippen molar-refractivity contribution in [2.75, 3.05) is 0 Å². The Morgan fingerprint density at radius 1 is 0.280 bits per heavy atom. The molecule has 0 spiro atoms. The van der Waals surface area contributed by atoms with Crippen LogP contribution in [0.2, 0.25) is 0 Å². The van der Waals surface area contributed by atoms with Gasteiger partial charge in [0.1, 0.15) is 0 Å². The molecule has 82 heavy (non-hydrogen) atoms. The molecule has 2 heterocycles. The third-order valence-corrected chi connectivity index (χ3v) is 22.2. The number of aromatic nitrogens is 4. The van der Waals surface area contributed by atoms with Crippen LogP contribution in [0, 0.1) is 0 Å². The monoisotopic (exact) mass is 1060 g/mol. The van der Waals surface area contributed by atoms with Gasteiger partial charge in [0.15, 0.2) is 25.5 Å². The van der Waals surface area contributed by atoms with Crippen LogP contribution >= 0.6 is 0 Å². The van der Waals surface area contributed by atoms with Crippen LogP contribution in [0.15, 0.2) is 303 Å². The van der Waals surface area contributed by atoms with Crippen LogP contribution in [0.3, 0.4) is 0 Å². The predicted octanol–water partition coefficient (Wildman–Crippen LogP) is 15.7. The Kier molecular flexibility index (Phi) is 11.3. The van der Waals surface area contributed by atoms with E-state index in [0.717, 1.165) is 39.0 Å². The van der Waals surface area contributed by atoms with Gasteiger partial charge in [-0.1, -0.05) is 273 Å². The van der Waals surface area contributed by atoms with E-state index in [1.807, 2.05) is 18.2 Å². The molecule has 0 N–H and O–H groups in total. The molecule has 0 radical (unpaired) electrons. The standard InChI is InChI=1S/C77H52N4Si/c1-5-25-51(26-6-1)53-29-22-36-58(50-53)82(56-32-9-3-10-33-56,57-34-11-4-12-35-57)70-48-24-44-66-71-62-39-13-14-40-63(62)74(73(66)70)72-59(42-23-43-65(71)72)54-30-21-31-55(49-54)76-78-75(52-27-7-2-8-28-52)79-77(80-76)64-41-17-20-47-69(64)81-67-45-18-15-37-60(67)61-38-16-19-46-68(61)81/h1-50,71,74H. The van der Waals surface area contributed by atoms with Gasteiger partial charge in [-0.25, -0.2) is 15.0 Å². The molecule has 12 aromatic carbocycles. The van der Waals surface area contributed by atoms with Gasteiger partial charge in [-0.3, -0.25) is 0 Å². The van der Waals surface area contributed by atoms with Gasteiger partial charge in [0.2, 0.25) is 0 Å². The molecule has 4 nitrogen and oxygen atoms in total. The Hall–Kier alpha value is -10.3. The lowest BCUT2D eigenvalue weighted by Gasteiger charge is -2.47. The van der Waals surface area contributed by atoms with Crippen LogP contribution in [0.25, 0.3) is 83.9 Å². The molecule has 0 saturated carbocycles. The molecule has 2 unspecified atom stereocenters. The van der Waals surface area contributed by atoms with Crippen LogP contribution in [-0.4, -0.2) is 27.6 Å². The first-order chi connectivity index (χ1) is 40.7. The zero-order chi connectivity index (χ0) is 54.1. The summed E-state index contributed by atoms with van der Waals surface area (Å²) >= 11 is 0. The SMILES string of the molecule is c1ccc(-c2cccc([Si](c3ccccc3)(c3ccccc3)c3cccc4c3C3c5ccccc5C4c4cccc(-c5cccc(-c6nc(-c7ccccc7)nc(-c7ccccc7-n7c8ccccc8c8ccccc87)n6)c5)c43)c2)cc1. The van der Waals surface area contributed by atoms with Gasteiger partial charge in [0.25, 0.3) is 0 Å². The van der Waals surface area contributed by atoms with Gasteiger partial charge < -0.3 is 4.57 Å². The highest BCUT2D eigenvalue weighted by molar-refractivity contribution is 7.20. The summed E-state index contributed by atoms with van der Waals surface area (Å²) < 4.78 is 2.36. The number of rotatable bonds is 10. The van der Waals surface area contributed by atoms with Crippen molar-refractivity contribution in [1.82, 2.24) is 19.5 Å². The van der Waals surface area contributed by atoms with Crippen LogP contribution in [0.1, 0.15) is 45.2 Å². The molecule has 14 aromatic rings. The third-order valence-electron chi connectivity index (χ3n) is 17.4. The van der Waals surface area contributed by atoms with Gasteiger partial charge >= 0.3 is 0 Å². The third kappa shape index (κ3) is 7.47. The number of fused-ring (bicyclic) bond motifs is 3. The molecule has 3 aliphatic carbocycles. The molecule has 2 atom stereocenters. The molecule has 0 fully saturated rings. The molecule has 0 amide bonds. The van der Waals surface area contributed by atoms with Crippen molar-refractivity contribution in [3.63, 3.8) is 0 Å². The summed E-state index contributed by atoms with van der Waals surface area (Å²) in [6.07, 6.45) is 0. The second-order valence-electron chi connectivity index (χ2n) is 21.7. The fourth-order valence-electron chi connectivity index (χ4n) is 14.0. The van der Waals surface area contributed by atoms with E-state index in [1.54, 1.807) is 0 Å². The number of para-hydroxylation sites is 3. The normalized spacial score (nSPS) is 14.1. The first kappa shape index (κ1) is 47.6. The fourth-order valence-corrected chi connectivity index (χ4v) is 19.1. The van der Waals surface area contributed by atoms with E-state index in [1.165, 1.54) is 81.6 Å². The van der Waals surface area contributed by atoms with Crippen LogP contribution < -0.4 is 20.7 Å². The lowest BCUT2D eigenvalue weighted by Crippen LogP contribution is -2.75. The van der Waals surface area contributed by atoms with Gasteiger partial charge in [0, 0.05) is 39.3 Å². The molecule has 0 saturated heterocycles. The maximum absolute atomic E-state index is 5.47. The minimum absolute atomic E-state index is 0.0392. The predicted molar refractivity (Wildman–Crippen MR) is 340 cm³/mol. The van der Waals surface area contributed by atoms with Crippen molar-refractivity contribution in [3.05, 3.63) is 337 Å². The largest absolute Gasteiger partial charge is 0.309 e. The van der Waals surface area contributed by atoms with Crippen molar-refractivity contribution >= 4 is 50.6 Å². The van der Waals surface area contributed by atoms with Crippen molar-refractivity contribution < 1.29 is 0 Å². The van der Waals surface area contributed by atoms with Crippen LogP contribution in [0.5, 0.6) is 0 Å². The Morgan fingerprint density at radius 2 is 0.732 bits per heavy atom. The molecule has 384 valence electrons. The van der Waals surface area contributed by atoms with Gasteiger partial charge in [-0.15, -0.1) is 0 Å². The average molecular weight is 1060 g/mol. The highest BCUT2D eigenvalue weighted by Gasteiger charge is 2.50. The second kappa shape index (κ2) is 19.5. The van der Waals surface area contributed by atoms with Crippen molar-refractivity contribution in [2.24, 2.45) is 0 Å². The Bertz CT molecular complexity index is 4670. The van der Waals surface area contributed by atoms with Crippen LogP contribution in [0.4, 0.5) is 0 Å². The number of benzene rings is 12. The topological polar surface area (TPSA) is 43.6 Å². The van der Waals surface area contributed by atoms with Gasteiger partial charge in [0.05, 0.1) is 16.7 Å². The molecule has 2 aromatic heterocycles. The van der Waals surface area contributed by atoms with Gasteiger partial charge in [-0.2, -0.15) is 0 Å². The number of nitrogens with zero attached hydrogens (tertiary/aromatic N) is 4. The van der Waals surface area contributed by atoms with E-state index in [2.05, 4.69) is 290 Å². The van der Waals surface area contributed by atoms with E-state index in [4.69, 9.17) is 15.0 Å². The summed E-state index contributed by atoms with van der Waals surface area (Å²) in [5.74, 6) is 1.84. The maximum atomic E-state index is 5.47. The smallest absolute Gasteiger partial charge is 0.179 e. The van der Waals surface area contributed by atoms with E-state index >= 15 is 0 Å². The quantitative estimate of drug-likeness (QED) is 0.101. The van der Waals surface area contributed by atoms with E-state index in [-0.39, 0.29) is 11.8 Å². The van der Waals surface area contributed by atoms with E-state index in [0.29, 0.717) is 17.5 Å². The second-order valence-corrected chi connectivity index (χ2v) is 25.5. The first-order valence-corrected chi connectivity index (χ1v) is 30.3. The lowest BCUT2D eigenvalue weighted by atomic mass is 9.60. The minimum atomic E-state index is -3.11. The Labute approximate surface area is 478 Å². The average Bonchev–Trinajstić information content (AvgIpc) is 2.17. The molecule has 0 aliphatic heterocycles. The van der Waals surface area contributed by atoms with Crippen molar-refractivity contribution in [2.45, 2.75) is 11.8 Å². The molecule has 3 aliphatic rings. The summed E-state index contributed by atoms with van der Waals surface area (Å²) in [5, 5.41) is 7.92. The zero-order valence-electron chi connectivity index (χ0n) is 44.8. The Morgan fingerprint density at radius 3 is 1.43 bits per heavy atom. The summed E-state index contributed by atoms with van der Waals surface area (Å²) in [7, 11) is -3.11. The van der Waals surface area contributed by atoms with Crippen molar-refractivity contribution in [3.8, 4) is 62.1 Å². The fraction of sp³-hybridized carbons (Fsp3) is 0.0260. The number of hydrogen-bond donors (Lipinski definition) is 0. The summed E-state index contributed by atoms with van der Waals surface area (Å²) in [5.41, 5.74) is 19.1. The first-order valence-electron chi connectivity index (χ1n) is 28.3. The maximum Gasteiger partial charge on any atom is 0.179 e. The number of hydrogen-bond acceptors (Lipinski definition) is 3. The molecular weight excluding hydrogens is 1010 g/mol. The van der Waals surface area contributed by atoms with Gasteiger partial charge in [-0.05, 0) is 107 Å². The summed E-state index contributed by atoms with van der Waals surface area (Å²) in [6.45, 7) is 0. The highest BCUT2D eigenvalue weighted by Crippen LogP contribution is 2.57.